The summed E-state index contributed by atoms with van der Waals surface area (Å²) in [5.74, 6) is -0.474. The van der Waals surface area contributed by atoms with Crippen molar-refractivity contribution >= 4 is 12.3 Å². The summed E-state index contributed by atoms with van der Waals surface area (Å²) in [5, 5.41) is 8.72. The van der Waals surface area contributed by atoms with E-state index in [-0.39, 0.29) is 12.3 Å². The molecule has 1 aromatic rings. The van der Waals surface area contributed by atoms with Crippen molar-refractivity contribution in [2.75, 3.05) is 7.11 Å². The molecule has 1 atom stereocenters. The highest BCUT2D eigenvalue weighted by Gasteiger charge is 2.14. The fraction of sp³-hybridized carbons (Fsp3) is 0.333. The maximum Gasteiger partial charge on any atom is 0.303 e. The molecule has 4 nitrogen and oxygen atoms in total. The van der Waals surface area contributed by atoms with Crippen molar-refractivity contribution in [1.29, 1.82) is 0 Å². The molecule has 0 amide bonds. The molecule has 0 aromatic heterocycles. The van der Waals surface area contributed by atoms with E-state index < -0.39 is 5.97 Å². The summed E-state index contributed by atoms with van der Waals surface area (Å²) in [4.78, 5) is 21.4. The highest BCUT2D eigenvalue weighted by atomic mass is 16.5. The van der Waals surface area contributed by atoms with Gasteiger partial charge in [-0.15, -0.1) is 0 Å². The molecule has 0 fully saturated rings. The molecule has 0 bridgehead atoms. The number of methoxy groups -OCH3 is 1. The maximum atomic E-state index is 10.8. The zero-order valence-corrected chi connectivity index (χ0v) is 9.27. The van der Waals surface area contributed by atoms with E-state index in [4.69, 9.17) is 9.84 Å². The Balaban J connectivity index is 3.07. The van der Waals surface area contributed by atoms with Crippen LogP contribution in [-0.2, 0) is 4.79 Å². The fourth-order valence-corrected chi connectivity index (χ4v) is 1.59. The molecule has 1 unspecified atom stereocenters. The molecule has 1 N–H and O–H groups in total. The Labute approximate surface area is 93.9 Å². The first-order valence-corrected chi connectivity index (χ1v) is 4.93. The van der Waals surface area contributed by atoms with Crippen molar-refractivity contribution < 1.29 is 19.4 Å². The lowest BCUT2D eigenvalue weighted by atomic mass is 9.93. The fourth-order valence-electron chi connectivity index (χ4n) is 1.59. The summed E-state index contributed by atoms with van der Waals surface area (Å²) in [6.07, 6.45) is 0.723. The monoisotopic (exact) mass is 222 g/mol. The number of ether oxygens (including phenoxy) is 1. The molecule has 0 saturated carbocycles. The summed E-state index contributed by atoms with van der Waals surface area (Å²) < 4.78 is 5.05. The lowest BCUT2D eigenvalue weighted by molar-refractivity contribution is -0.137. The van der Waals surface area contributed by atoms with Crippen LogP contribution in [0, 0.1) is 0 Å². The summed E-state index contributed by atoms with van der Waals surface area (Å²) in [5.41, 5.74) is 1.21. The van der Waals surface area contributed by atoms with Crippen LogP contribution in [0.25, 0.3) is 0 Å². The molecule has 4 heteroatoms. The van der Waals surface area contributed by atoms with Gasteiger partial charge in [0, 0.05) is 5.56 Å². The van der Waals surface area contributed by atoms with Crippen LogP contribution in [0.5, 0.6) is 5.75 Å². The summed E-state index contributed by atoms with van der Waals surface area (Å²) >= 11 is 0. The van der Waals surface area contributed by atoms with Gasteiger partial charge in [0.15, 0.2) is 0 Å². The number of aliphatic carboxylic acids is 1. The first-order valence-electron chi connectivity index (χ1n) is 4.93. The molecule has 16 heavy (non-hydrogen) atoms. The third kappa shape index (κ3) is 2.82. The zero-order chi connectivity index (χ0) is 12.1. The van der Waals surface area contributed by atoms with Crippen molar-refractivity contribution in [1.82, 2.24) is 0 Å². The van der Waals surface area contributed by atoms with Gasteiger partial charge < -0.3 is 9.84 Å². The van der Waals surface area contributed by atoms with E-state index in [1.54, 1.807) is 25.1 Å². The number of carboxylic acid groups (broad SMARTS) is 1. The number of hydrogen-bond donors (Lipinski definition) is 1. The van der Waals surface area contributed by atoms with Gasteiger partial charge in [0.05, 0.1) is 13.5 Å². The second kappa shape index (κ2) is 5.30. The Kier molecular flexibility index (Phi) is 4.05. The van der Waals surface area contributed by atoms with E-state index in [9.17, 15) is 9.59 Å². The van der Waals surface area contributed by atoms with Gasteiger partial charge in [0.25, 0.3) is 0 Å². The van der Waals surface area contributed by atoms with Crippen LogP contribution in [0.4, 0.5) is 0 Å². The number of carbonyl (C=O) groups excluding carboxylic acids is 1. The summed E-state index contributed by atoms with van der Waals surface area (Å²) in [6, 6.07) is 5.03. The van der Waals surface area contributed by atoms with Crippen LogP contribution in [0.2, 0.25) is 0 Å². The Morgan fingerprint density at radius 2 is 2.25 bits per heavy atom. The van der Waals surface area contributed by atoms with Crippen molar-refractivity contribution in [3.05, 3.63) is 29.3 Å². The van der Waals surface area contributed by atoms with Crippen LogP contribution < -0.4 is 4.74 Å². The number of benzene rings is 1. The van der Waals surface area contributed by atoms with E-state index in [1.807, 2.05) is 0 Å². The van der Waals surface area contributed by atoms with Crippen LogP contribution in [-0.4, -0.2) is 24.5 Å². The standard InChI is InChI=1S/C12H14O4/c1-8(5-12(14)15)11-6-10(16-2)4-3-9(11)7-13/h3-4,6-8H,5H2,1-2H3,(H,14,15). The van der Waals surface area contributed by atoms with Gasteiger partial charge in [-0.2, -0.15) is 0 Å². The molecular weight excluding hydrogens is 208 g/mol. The number of carbonyl (C=O) groups is 2. The molecule has 0 heterocycles. The van der Waals surface area contributed by atoms with Gasteiger partial charge in [0.2, 0.25) is 0 Å². The lowest BCUT2D eigenvalue weighted by Crippen LogP contribution is -2.05. The average molecular weight is 222 g/mol. The third-order valence-corrected chi connectivity index (χ3v) is 2.43. The summed E-state index contributed by atoms with van der Waals surface area (Å²) in [6.45, 7) is 1.77. The average Bonchev–Trinajstić information content (AvgIpc) is 2.27. The van der Waals surface area contributed by atoms with Crippen LogP contribution in [0.1, 0.15) is 35.2 Å². The quantitative estimate of drug-likeness (QED) is 0.775. The van der Waals surface area contributed by atoms with E-state index in [0.717, 1.165) is 6.29 Å². The smallest absolute Gasteiger partial charge is 0.303 e. The van der Waals surface area contributed by atoms with E-state index in [0.29, 0.717) is 16.9 Å². The molecule has 0 spiro atoms. The molecule has 0 radical (unpaired) electrons. The molecule has 0 saturated heterocycles. The Morgan fingerprint density at radius 1 is 1.56 bits per heavy atom. The van der Waals surface area contributed by atoms with Gasteiger partial charge in [-0.1, -0.05) is 6.92 Å². The van der Waals surface area contributed by atoms with Crippen LogP contribution in [0.15, 0.2) is 18.2 Å². The maximum absolute atomic E-state index is 10.8. The molecule has 86 valence electrons. The molecule has 0 aliphatic heterocycles. The number of hydrogen-bond acceptors (Lipinski definition) is 3. The van der Waals surface area contributed by atoms with Gasteiger partial charge in [-0.3, -0.25) is 9.59 Å². The molecule has 0 aliphatic rings. The predicted octanol–water partition coefficient (Wildman–Crippen LogP) is 2.09. The van der Waals surface area contributed by atoms with Gasteiger partial charge in [-0.25, -0.2) is 0 Å². The van der Waals surface area contributed by atoms with E-state index in [2.05, 4.69) is 0 Å². The molecule has 0 aliphatic carbocycles. The topological polar surface area (TPSA) is 63.6 Å². The van der Waals surface area contributed by atoms with E-state index in [1.165, 1.54) is 7.11 Å². The zero-order valence-electron chi connectivity index (χ0n) is 9.27. The Hall–Kier alpha value is -1.84. The normalized spacial score (nSPS) is 11.9. The first kappa shape index (κ1) is 12.2. The lowest BCUT2D eigenvalue weighted by Gasteiger charge is -2.13. The van der Waals surface area contributed by atoms with E-state index >= 15 is 0 Å². The minimum Gasteiger partial charge on any atom is -0.497 e. The van der Waals surface area contributed by atoms with Gasteiger partial charge in [0.1, 0.15) is 12.0 Å². The predicted molar refractivity (Wildman–Crippen MR) is 59.0 cm³/mol. The molecule has 1 aromatic carbocycles. The van der Waals surface area contributed by atoms with Crippen molar-refractivity contribution in [2.24, 2.45) is 0 Å². The number of carboxylic acids is 1. The number of aldehydes is 1. The van der Waals surface area contributed by atoms with Crippen molar-refractivity contribution in [3.63, 3.8) is 0 Å². The van der Waals surface area contributed by atoms with Crippen LogP contribution >= 0.6 is 0 Å². The molecule has 1 rings (SSSR count). The first-order chi connectivity index (χ1) is 7.58. The Bertz CT molecular complexity index is 398. The minimum atomic E-state index is -0.882. The second-order valence-corrected chi connectivity index (χ2v) is 3.61. The highest BCUT2D eigenvalue weighted by Crippen LogP contribution is 2.26. The van der Waals surface area contributed by atoms with Crippen molar-refractivity contribution in [3.8, 4) is 5.75 Å². The SMILES string of the molecule is COc1ccc(C=O)c(C(C)CC(=O)O)c1. The Morgan fingerprint density at radius 3 is 2.75 bits per heavy atom. The summed E-state index contributed by atoms with van der Waals surface area (Å²) in [7, 11) is 1.53. The van der Waals surface area contributed by atoms with Gasteiger partial charge >= 0.3 is 5.97 Å². The van der Waals surface area contributed by atoms with Crippen LogP contribution in [0.3, 0.4) is 0 Å². The minimum absolute atomic E-state index is 0.00594. The number of rotatable bonds is 5. The third-order valence-electron chi connectivity index (χ3n) is 2.43. The highest BCUT2D eigenvalue weighted by molar-refractivity contribution is 5.79. The second-order valence-electron chi connectivity index (χ2n) is 3.61. The van der Waals surface area contributed by atoms with Gasteiger partial charge in [-0.05, 0) is 29.7 Å². The largest absolute Gasteiger partial charge is 0.497 e. The molecular formula is C12H14O4. The van der Waals surface area contributed by atoms with Crippen molar-refractivity contribution in [2.45, 2.75) is 19.3 Å².